The number of hydrogen-bond donors (Lipinski definition) is 2. The van der Waals surface area contributed by atoms with E-state index in [1.807, 2.05) is 6.92 Å². The van der Waals surface area contributed by atoms with Crippen molar-refractivity contribution in [1.82, 2.24) is 14.7 Å². The van der Waals surface area contributed by atoms with Gasteiger partial charge in [0.1, 0.15) is 11.7 Å². The van der Waals surface area contributed by atoms with Crippen molar-refractivity contribution in [2.24, 2.45) is 18.2 Å². The number of piperidine rings is 1. The number of hydrogen-bond acceptors (Lipinski definition) is 6. The lowest BCUT2D eigenvalue weighted by Crippen LogP contribution is -2.56. The fraction of sp³-hybridized carbons (Fsp3) is 0.750. The molecule has 2 atom stereocenters. The highest BCUT2D eigenvalue weighted by Gasteiger charge is 2.37. The number of aryl methyl sites for hydroxylation is 2. The molecule has 9 heteroatoms. The number of anilines is 1. The Hall–Kier alpha value is -2.16. The molecule has 1 aliphatic rings. The monoisotopic (exact) mass is 352 g/mol. The molecule has 0 spiro atoms. The Morgan fingerprint density at radius 1 is 1.56 bits per heavy atom. The van der Waals surface area contributed by atoms with Crippen molar-refractivity contribution < 1.29 is 9.72 Å². The highest BCUT2D eigenvalue weighted by Crippen LogP contribution is 2.30. The van der Waals surface area contributed by atoms with Crippen LogP contribution < -0.4 is 11.1 Å². The Morgan fingerprint density at radius 3 is 2.72 bits per heavy atom. The Morgan fingerprint density at radius 2 is 2.20 bits per heavy atom. The molecule has 0 radical (unpaired) electrons. The van der Waals surface area contributed by atoms with Gasteiger partial charge in [0.05, 0.1) is 4.92 Å². The second kappa shape index (κ2) is 6.99. The van der Waals surface area contributed by atoms with Gasteiger partial charge in [0.2, 0.25) is 11.7 Å². The zero-order chi connectivity index (χ0) is 18.9. The molecule has 25 heavy (non-hydrogen) atoms. The molecule has 1 aromatic rings. The second-order valence-corrected chi connectivity index (χ2v) is 7.41. The Bertz CT molecular complexity index is 669. The summed E-state index contributed by atoms with van der Waals surface area (Å²) in [5, 5.41) is 18.5. The fourth-order valence-corrected chi connectivity index (χ4v) is 3.31. The van der Waals surface area contributed by atoms with Crippen LogP contribution >= 0.6 is 0 Å². The zero-order valence-electron chi connectivity index (χ0n) is 15.6. The van der Waals surface area contributed by atoms with Gasteiger partial charge < -0.3 is 16.0 Å². The molecule has 0 bridgehead atoms. The van der Waals surface area contributed by atoms with E-state index in [0.717, 1.165) is 6.42 Å². The van der Waals surface area contributed by atoms with Crippen molar-refractivity contribution in [3.05, 3.63) is 15.8 Å². The molecule has 9 nitrogen and oxygen atoms in total. The highest BCUT2D eigenvalue weighted by molar-refractivity contribution is 5.85. The maximum atomic E-state index is 13.0. The van der Waals surface area contributed by atoms with E-state index >= 15 is 0 Å². The van der Waals surface area contributed by atoms with Gasteiger partial charge in [-0.05, 0) is 25.2 Å². The number of rotatable bonds is 5. The molecular formula is C16H28N6O3. The summed E-state index contributed by atoms with van der Waals surface area (Å²) in [5.74, 6) is 0.200. The molecule has 2 rings (SSSR count). The molecule has 0 saturated carbocycles. The first-order valence-electron chi connectivity index (χ1n) is 8.57. The van der Waals surface area contributed by atoms with Crippen LogP contribution in [-0.4, -0.2) is 50.7 Å². The van der Waals surface area contributed by atoms with Gasteiger partial charge in [0.15, 0.2) is 0 Å². The Kier molecular flexibility index (Phi) is 5.36. The summed E-state index contributed by atoms with van der Waals surface area (Å²) in [4.78, 5) is 25.6. The number of likely N-dealkylation sites (tertiary alicyclic amines) is 1. The first kappa shape index (κ1) is 19.2. The van der Waals surface area contributed by atoms with E-state index in [1.165, 1.54) is 4.68 Å². The van der Waals surface area contributed by atoms with E-state index in [-0.39, 0.29) is 28.9 Å². The van der Waals surface area contributed by atoms with Gasteiger partial charge in [-0.2, -0.15) is 5.10 Å². The van der Waals surface area contributed by atoms with Gasteiger partial charge in [-0.25, -0.2) is 4.68 Å². The van der Waals surface area contributed by atoms with Crippen LogP contribution in [0.4, 0.5) is 11.5 Å². The minimum absolute atomic E-state index is 0.0596. The average molecular weight is 352 g/mol. The Labute approximate surface area is 147 Å². The van der Waals surface area contributed by atoms with Crippen molar-refractivity contribution in [2.75, 3.05) is 18.4 Å². The predicted octanol–water partition coefficient (Wildman–Crippen LogP) is 1.41. The van der Waals surface area contributed by atoms with Gasteiger partial charge in [-0.3, -0.25) is 14.9 Å². The molecule has 3 N–H and O–H groups in total. The van der Waals surface area contributed by atoms with Crippen LogP contribution in [0, 0.1) is 22.5 Å². The van der Waals surface area contributed by atoms with Gasteiger partial charge in [-0.15, -0.1) is 0 Å². The summed E-state index contributed by atoms with van der Waals surface area (Å²) in [6, 6.07) is -0.482. The maximum Gasteiger partial charge on any atom is 0.333 e. The van der Waals surface area contributed by atoms with Gasteiger partial charge in [-0.1, -0.05) is 20.8 Å². The highest BCUT2D eigenvalue weighted by atomic mass is 16.6. The molecule has 1 amide bonds. The molecule has 1 aliphatic heterocycles. The summed E-state index contributed by atoms with van der Waals surface area (Å²) in [5.41, 5.74) is 6.22. The van der Waals surface area contributed by atoms with Gasteiger partial charge >= 0.3 is 5.69 Å². The summed E-state index contributed by atoms with van der Waals surface area (Å²) in [6.07, 6.45) is 1.27. The quantitative estimate of drug-likeness (QED) is 0.611. The molecule has 0 aromatic carbocycles. The molecule has 1 aromatic heterocycles. The molecule has 1 saturated heterocycles. The summed E-state index contributed by atoms with van der Waals surface area (Å²) in [6.45, 7) is 8.76. The van der Waals surface area contributed by atoms with Crippen LogP contribution in [0.25, 0.3) is 0 Å². The summed E-state index contributed by atoms with van der Waals surface area (Å²) >= 11 is 0. The number of amides is 1. The summed E-state index contributed by atoms with van der Waals surface area (Å²) in [7, 11) is 1.63. The van der Waals surface area contributed by atoms with E-state index in [2.05, 4.69) is 24.3 Å². The van der Waals surface area contributed by atoms with Crippen molar-refractivity contribution in [1.29, 1.82) is 0 Å². The first-order valence-corrected chi connectivity index (χ1v) is 8.57. The lowest BCUT2D eigenvalue weighted by atomic mass is 9.79. The van der Waals surface area contributed by atoms with Gasteiger partial charge in [0.25, 0.3) is 0 Å². The molecule has 0 aliphatic carbocycles. The van der Waals surface area contributed by atoms with Crippen LogP contribution in [0.2, 0.25) is 0 Å². The zero-order valence-corrected chi connectivity index (χ0v) is 15.6. The molecule has 2 unspecified atom stereocenters. The third-order valence-electron chi connectivity index (χ3n) is 5.01. The second-order valence-electron chi connectivity index (χ2n) is 7.41. The number of aromatic nitrogens is 2. The molecule has 140 valence electrons. The van der Waals surface area contributed by atoms with Crippen LogP contribution in [0.15, 0.2) is 0 Å². The van der Waals surface area contributed by atoms with Crippen LogP contribution in [0.5, 0.6) is 0 Å². The lowest BCUT2D eigenvalue weighted by molar-refractivity contribution is -0.384. The average Bonchev–Trinajstić information content (AvgIpc) is 2.80. The number of nitrogens with one attached hydrogen (secondary N) is 1. The van der Waals surface area contributed by atoms with Crippen LogP contribution in [-0.2, 0) is 11.8 Å². The molecule has 1 fully saturated rings. The number of carbonyl (C=O) groups excluding carboxylic acids is 1. The lowest BCUT2D eigenvalue weighted by Gasteiger charge is -2.43. The van der Waals surface area contributed by atoms with E-state index in [4.69, 9.17) is 5.73 Å². The van der Waals surface area contributed by atoms with Crippen LogP contribution in [0.3, 0.4) is 0 Å². The number of nitrogens with zero attached hydrogens (tertiary/aromatic N) is 4. The van der Waals surface area contributed by atoms with E-state index in [9.17, 15) is 14.9 Å². The maximum absolute atomic E-state index is 13.0. The summed E-state index contributed by atoms with van der Waals surface area (Å²) < 4.78 is 1.42. The smallest absolute Gasteiger partial charge is 0.333 e. The molecule has 2 heterocycles. The third kappa shape index (κ3) is 3.76. The Balaban J connectivity index is 2.21. The van der Waals surface area contributed by atoms with Gasteiger partial charge in [0, 0.05) is 26.2 Å². The number of nitro groups is 1. The molecular weight excluding hydrogens is 324 g/mol. The first-order chi connectivity index (χ1) is 11.6. The van der Waals surface area contributed by atoms with E-state index in [0.29, 0.717) is 25.2 Å². The van der Waals surface area contributed by atoms with Crippen molar-refractivity contribution in [2.45, 2.75) is 52.6 Å². The van der Waals surface area contributed by atoms with E-state index < -0.39 is 11.0 Å². The number of nitrogens with two attached hydrogens (primary N) is 1. The number of carbonyl (C=O) groups is 1. The SMILES string of the molecule is CCC(Nc1c([N+](=O)[O-])c(C)nn1C)C(=O)N1CCC(N)C(C)(C)C1. The van der Waals surface area contributed by atoms with Crippen molar-refractivity contribution >= 4 is 17.4 Å². The topological polar surface area (TPSA) is 119 Å². The largest absolute Gasteiger partial charge is 0.353 e. The van der Waals surface area contributed by atoms with Crippen LogP contribution in [0.1, 0.15) is 39.3 Å². The third-order valence-corrected chi connectivity index (χ3v) is 5.01. The minimum Gasteiger partial charge on any atom is -0.353 e. The normalized spacial score (nSPS) is 21.0. The fourth-order valence-electron chi connectivity index (χ4n) is 3.31. The minimum atomic E-state index is -0.543. The van der Waals surface area contributed by atoms with Crippen molar-refractivity contribution in [3.8, 4) is 0 Å². The standard InChI is InChI=1S/C16H28N6O3/c1-6-11(15(23)21-8-7-12(17)16(3,4)9-21)18-14-13(22(24)25)10(2)19-20(14)5/h11-12,18H,6-9,17H2,1-5H3. The predicted molar refractivity (Wildman–Crippen MR) is 95.3 cm³/mol. The van der Waals surface area contributed by atoms with Crippen molar-refractivity contribution in [3.63, 3.8) is 0 Å². The van der Waals surface area contributed by atoms with E-state index in [1.54, 1.807) is 18.9 Å².